The van der Waals surface area contributed by atoms with Crippen molar-refractivity contribution in [1.29, 1.82) is 0 Å². The lowest BCUT2D eigenvalue weighted by molar-refractivity contribution is 0.318. The summed E-state index contributed by atoms with van der Waals surface area (Å²) in [7, 11) is 1.68. The predicted octanol–water partition coefficient (Wildman–Crippen LogP) is 3.40. The van der Waals surface area contributed by atoms with Crippen molar-refractivity contribution in [3.05, 3.63) is 45.4 Å². The first-order valence-electron chi connectivity index (χ1n) is 7.45. The van der Waals surface area contributed by atoms with E-state index in [1.165, 1.54) is 6.07 Å². The van der Waals surface area contributed by atoms with E-state index < -0.39 is 11.6 Å². The molecular weight excluding hydrogens is 461 g/mol. The molecule has 0 amide bonds. The van der Waals surface area contributed by atoms with Gasteiger partial charge in [0.15, 0.2) is 17.6 Å². The third-order valence-electron chi connectivity index (χ3n) is 3.19. The lowest BCUT2D eigenvalue weighted by atomic mass is 10.3. The maximum absolute atomic E-state index is 13.1. The van der Waals surface area contributed by atoms with E-state index >= 15 is 0 Å². The van der Waals surface area contributed by atoms with Gasteiger partial charge in [-0.2, -0.15) is 0 Å². The van der Waals surface area contributed by atoms with Gasteiger partial charge in [-0.1, -0.05) is 0 Å². The van der Waals surface area contributed by atoms with Gasteiger partial charge in [0.2, 0.25) is 0 Å². The molecule has 0 aliphatic carbocycles. The first-order valence-corrected chi connectivity index (χ1v) is 8.26. The van der Waals surface area contributed by atoms with Crippen LogP contribution in [0.15, 0.2) is 23.2 Å². The zero-order valence-electron chi connectivity index (χ0n) is 14.2. The summed E-state index contributed by atoms with van der Waals surface area (Å²) in [6.07, 6.45) is 0. The maximum Gasteiger partial charge on any atom is 0.191 e. The van der Waals surface area contributed by atoms with Crippen molar-refractivity contribution >= 4 is 41.3 Å². The molecule has 0 saturated carbocycles. The monoisotopic (exact) mass is 482 g/mol. The number of rotatable bonds is 6. The van der Waals surface area contributed by atoms with Crippen molar-refractivity contribution < 1.29 is 13.5 Å². The number of guanidine groups is 1. The number of nitrogens with one attached hydrogen (secondary N) is 2. The van der Waals surface area contributed by atoms with Crippen LogP contribution < -0.4 is 15.4 Å². The molecule has 0 spiro atoms. The molecule has 2 rings (SSSR count). The Balaban J connectivity index is 0.00000312. The van der Waals surface area contributed by atoms with Gasteiger partial charge < -0.3 is 15.4 Å². The largest absolute Gasteiger partial charge is 0.492 e. The van der Waals surface area contributed by atoms with Crippen molar-refractivity contribution in [3.8, 4) is 5.75 Å². The molecule has 138 valence electrons. The van der Waals surface area contributed by atoms with E-state index in [2.05, 4.69) is 20.6 Å². The molecule has 9 heteroatoms. The van der Waals surface area contributed by atoms with Gasteiger partial charge in [-0.3, -0.25) is 4.99 Å². The molecule has 1 heterocycles. The van der Waals surface area contributed by atoms with E-state index in [1.807, 2.05) is 13.8 Å². The molecule has 0 fully saturated rings. The van der Waals surface area contributed by atoms with Gasteiger partial charge in [-0.15, -0.1) is 35.3 Å². The summed E-state index contributed by atoms with van der Waals surface area (Å²) in [5.74, 6) is -0.893. The molecule has 0 aliphatic rings. The average molecular weight is 482 g/mol. The fraction of sp³-hybridized carbons (Fsp3) is 0.375. The van der Waals surface area contributed by atoms with Gasteiger partial charge >= 0.3 is 0 Å². The van der Waals surface area contributed by atoms with Crippen molar-refractivity contribution in [3.63, 3.8) is 0 Å². The summed E-state index contributed by atoms with van der Waals surface area (Å²) >= 11 is 1.65. The Morgan fingerprint density at radius 2 is 2.00 bits per heavy atom. The topological polar surface area (TPSA) is 58.5 Å². The second-order valence-electron chi connectivity index (χ2n) is 5.02. The molecule has 0 unspecified atom stereocenters. The number of hydrogen-bond donors (Lipinski definition) is 2. The summed E-state index contributed by atoms with van der Waals surface area (Å²) in [5.41, 5.74) is 1.02. The molecule has 0 atom stereocenters. The first-order chi connectivity index (χ1) is 11.5. The van der Waals surface area contributed by atoms with Crippen molar-refractivity contribution in [2.75, 3.05) is 20.2 Å². The Morgan fingerprint density at radius 3 is 2.60 bits per heavy atom. The highest BCUT2D eigenvalue weighted by Crippen LogP contribution is 2.16. The summed E-state index contributed by atoms with van der Waals surface area (Å²) in [6.45, 7) is 5.36. The van der Waals surface area contributed by atoms with E-state index in [9.17, 15) is 8.78 Å². The Kier molecular flexibility index (Phi) is 9.04. The molecule has 0 radical (unpaired) electrons. The van der Waals surface area contributed by atoms with Crippen LogP contribution in [-0.2, 0) is 6.54 Å². The number of aryl methyl sites for hydroxylation is 2. The molecule has 0 saturated heterocycles. The fourth-order valence-electron chi connectivity index (χ4n) is 2.03. The lowest BCUT2D eigenvalue weighted by Crippen LogP contribution is -2.38. The molecule has 1 aromatic heterocycles. The number of halogens is 3. The van der Waals surface area contributed by atoms with Gasteiger partial charge in [0, 0.05) is 18.0 Å². The van der Waals surface area contributed by atoms with E-state index in [4.69, 9.17) is 4.74 Å². The van der Waals surface area contributed by atoms with Crippen LogP contribution in [0.25, 0.3) is 0 Å². The van der Waals surface area contributed by atoms with Crippen LogP contribution in [0.4, 0.5) is 8.78 Å². The Hall–Kier alpha value is -1.49. The number of aromatic nitrogens is 1. The van der Waals surface area contributed by atoms with E-state index in [0.717, 1.165) is 27.7 Å². The van der Waals surface area contributed by atoms with Crippen LogP contribution in [0, 0.1) is 25.5 Å². The molecule has 0 aliphatic heterocycles. The van der Waals surface area contributed by atoms with Crippen LogP contribution in [0.1, 0.15) is 15.6 Å². The Bertz CT molecular complexity index is 724. The third-order valence-corrected chi connectivity index (χ3v) is 4.27. The van der Waals surface area contributed by atoms with Gasteiger partial charge in [0.25, 0.3) is 0 Å². The highest BCUT2D eigenvalue weighted by Gasteiger charge is 2.06. The van der Waals surface area contributed by atoms with E-state index in [0.29, 0.717) is 25.7 Å². The maximum atomic E-state index is 13.1. The lowest BCUT2D eigenvalue weighted by Gasteiger charge is -2.12. The first kappa shape index (κ1) is 21.6. The zero-order valence-corrected chi connectivity index (χ0v) is 17.4. The van der Waals surface area contributed by atoms with Crippen LogP contribution in [-0.4, -0.2) is 31.1 Å². The van der Waals surface area contributed by atoms with E-state index in [1.54, 1.807) is 18.4 Å². The second kappa shape index (κ2) is 10.5. The Labute approximate surface area is 166 Å². The van der Waals surface area contributed by atoms with E-state index in [-0.39, 0.29) is 29.7 Å². The number of benzene rings is 1. The quantitative estimate of drug-likeness (QED) is 0.287. The average Bonchev–Trinajstić information content (AvgIpc) is 2.87. The van der Waals surface area contributed by atoms with Gasteiger partial charge in [0.05, 0.1) is 23.8 Å². The summed E-state index contributed by atoms with van der Waals surface area (Å²) in [5, 5.41) is 7.33. The minimum Gasteiger partial charge on any atom is -0.492 e. The summed E-state index contributed by atoms with van der Waals surface area (Å²) < 4.78 is 31.2. The van der Waals surface area contributed by atoms with Gasteiger partial charge in [-0.25, -0.2) is 13.8 Å². The summed E-state index contributed by atoms with van der Waals surface area (Å²) in [6, 6.07) is 3.45. The zero-order chi connectivity index (χ0) is 17.5. The van der Waals surface area contributed by atoms with Crippen molar-refractivity contribution in [2.24, 2.45) is 4.99 Å². The smallest absolute Gasteiger partial charge is 0.191 e. The molecule has 2 aromatic rings. The normalized spacial score (nSPS) is 11.0. The minimum atomic E-state index is -0.923. The number of ether oxygens (including phenoxy) is 1. The second-order valence-corrected chi connectivity index (χ2v) is 6.31. The number of aliphatic imine (C=N–C) groups is 1. The molecule has 2 N–H and O–H groups in total. The number of nitrogens with zero attached hydrogens (tertiary/aromatic N) is 2. The molecule has 25 heavy (non-hydrogen) atoms. The highest BCUT2D eigenvalue weighted by atomic mass is 127. The standard InChI is InChI=1S/C16H20F2N4OS.HI/c1-10-15(24-11(2)22-10)9-21-16(19-3)20-6-7-23-12-4-5-13(17)14(18)8-12;/h4-5,8H,6-7,9H2,1-3H3,(H2,19,20,21);1H. The van der Waals surface area contributed by atoms with Crippen LogP contribution in [0.2, 0.25) is 0 Å². The predicted molar refractivity (Wildman–Crippen MR) is 107 cm³/mol. The fourth-order valence-corrected chi connectivity index (χ4v) is 2.90. The molecule has 1 aromatic carbocycles. The van der Waals surface area contributed by atoms with Crippen molar-refractivity contribution in [2.45, 2.75) is 20.4 Å². The summed E-state index contributed by atoms with van der Waals surface area (Å²) in [4.78, 5) is 9.66. The third kappa shape index (κ3) is 6.73. The molecular formula is C16H21F2IN4OS. The number of thiazole rings is 1. The number of hydrogen-bond acceptors (Lipinski definition) is 4. The van der Waals surface area contributed by atoms with Crippen LogP contribution >= 0.6 is 35.3 Å². The Morgan fingerprint density at radius 1 is 1.24 bits per heavy atom. The van der Waals surface area contributed by atoms with Crippen LogP contribution in [0.5, 0.6) is 5.75 Å². The highest BCUT2D eigenvalue weighted by molar-refractivity contribution is 14.0. The molecule has 0 bridgehead atoms. The SMILES string of the molecule is CN=C(NCCOc1ccc(F)c(F)c1)NCc1sc(C)nc1C.I. The van der Waals surface area contributed by atoms with Crippen molar-refractivity contribution in [1.82, 2.24) is 15.6 Å². The van der Waals surface area contributed by atoms with Gasteiger partial charge in [0.1, 0.15) is 12.4 Å². The minimum absolute atomic E-state index is 0. The molecule has 5 nitrogen and oxygen atoms in total. The van der Waals surface area contributed by atoms with Crippen LogP contribution in [0.3, 0.4) is 0 Å². The van der Waals surface area contributed by atoms with Gasteiger partial charge in [-0.05, 0) is 26.0 Å².